The molecule has 78 valence electrons. The predicted molar refractivity (Wildman–Crippen MR) is 63.7 cm³/mol. The van der Waals surface area contributed by atoms with Gasteiger partial charge in [-0.05, 0) is 49.9 Å². The molecule has 0 unspecified atom stereocenters. The van der Waals surface area contributed by atoms with E-state index in [-0.39, 0.29) is 0 Å². The Morgan fingerprint density at radius 2 is 2.00 bits per heavy atom. The van der Waals surface area contributed by atoms with Crippen LogP contribution >= 0.6 is 0 Å². The standard InChI is InChI=1S/C14H17N/c1-2-13-5-3-4-6-14(13)11-12-7-9-15-10-8-12/h1,3-6,12,15H,7-11H2. The van der Waals surface area contributed by atoms with Gasteiger partial charge in [0.1, 0.15) is 0 Å². The highest BCUT2D eigenvalue weighted by atomic mass is 14.9. The average Bonchev–Trinajstić information content (AvgIpc) is 2.31. The summed E-state index contributed by atoms with van der Waals surface area (Å²) in [4.78, 5) is 0. The number of hydrogen-bond acceptors (Lipinski definition) is 1. The van der Waals surface area contributed by atoms with Crippen molar-refractivity contribution in [3.63, 3.8) is 0 Å². The van der Waals surface area contributed by atoms with Gasteiger partial charge in [0.2, 0.25) is 0 Å². The summed E-state index contributed by atoms with van der Waals surface area (Å²) in [5.74, 6) is 3.58. The molecule has 0 aliphatic carbocycles. The van der Waals surface area contributed by atoms with Crippen LogP contribution in [0.5, 0.6) is 0 Å². The van der Waals surface area contributed by atoms with Crippen LogP contribution in [0, 0.1) is 18.3 Å². The van der Waals surface area contributed by atoms with Gasteiger partial charge in [-0.25, -0.2) is 0 Å². The molecule has 1 nitrogen and oxygen atoms in total. The maximum absolute atomic E-state index is 5.49. The largest absolute Gasteiger partial charge is 0.317 e. The summed E-state index contributed by atoms with van der Waals surface area (Å²) in [6, 6.07) is 8.30. The Balaban J connectivity index is 2.06. The summed E-state index contributed by atoms with van der Waals surface area (Å²) < 4.78 is 0. The molecule has 2 rings (SSSR count). The summed E-state index contributed by atoms with van der Waals surface area (Å²) in [6.45, 7) is 2.31. The summed E-state index contributed by atoms with van der Waals surface area (Å²) >= 11 is 0. The fraction of sp³-hybridized carbons (Fsp3) is 0.429. The topological polar surface area (TPSA) is 12.0 Å². The molecular formula is C14H17N. The summed E-state index contributed by atoms with van der Waals surface area (Å²) in [5, 5.41) is 3.39. The molecule has 1 heterocycles. The number of benzene rings is 1. The van der Waals surface area contributed by atoms with Gasteiger partial charge in [0.25, 0.3) is 0 Å². The first-order chi connectivity index (χ1) is 7.40. The number of hydrogen-bond donors (Lipinski definition) is 1. The molecule has 1 aliphatic heterocycles. The first-order valence-electron chi connectivity index (χ1n) is 5.65. The number of piperidine rings is 1. The zero-order chi connectivity index (χ0) is 10.5. The van der Waals surface area contributed by atoms with Gasteiger partial charge < -0.3 is 5.32 Å². The van der Waals surface area contributed by atoms with Crippen LogP contribution in [0.1, 0.15) is 24.0 Å². The quantitative estimate of drug-likeness (QED) is 0.720. The maximum Gasteiger partial charge on any atom is 0.0274 e. The van der Waals surface area contributed by atoms with Crippen molar-refractivity contribution in [3.8, 4) is 12.3 Å². The van der Waals surface area contributed by atoms with Crippen LogP contribution in [0.4, 0.5) is 0 Å². The van der Waals surface area contributed by atoms with E-state index in [2.05, 4.69) is 23.4 Å². The first-order valence-corrected chi connectivity index (χ1v) is 5.65. The molecule has 1 aromatic carbocycles. The van der Waals surface area contributed by atoms with Crippen LogP contribution in [0.3, 0.4) is 0 Å². The summed E-state index contributed by atoms with van der Waals surface area (Å²) in [6.07, 6.45) is 9.19. The Labute approximate surface area is 91.9 Å². The van der Waals surface area contributed by atoms with Crippen molar-refractivity contribution in [1.29, 1.82) is 0 Å². The van der Waals surface area contributed by atoms with Crippen molar-refractivity contribution in [3.05, 3.63) is 35.4 Å². The van der Waals surface area contributed by atoms with Gasteiger partial charge >= 0.3 is 0 Å². The van der Waals surface area contributed by atoms with Crippen LogP contribution < -0.4 is 5.32 Å². The minimum atomic E-state index is 0.806. The Hall–Kier alpha value is -1.26. The van der Waals surface area contributed by atoms with E-state index in [9.17, 15) is 0 Å². The van der Waals surface area contributed by atoms with E-state index in [1.165, 1.54) is 18.4 Å². The zero-order valence-corrected chi connectivity index (χ0v) is 9.00. The highest BCUT2D eigenvalue weighted by Gasteiger charge is 2.14. The van der Waals surface area contributed by atoms with Crippen LogP contribution in [0.2, 0.25) is 0 Å². The Bertz CT molecular complexity index is 356. The third-order valence-corrected chi connectivity index (χ3v) is 3.14. The Morgan fingerprint density at radius 1 is 1.27 bits per heavy atom. The second kappa shape index (κ2) is 5.00. The minimum Gasteiger partial charge on any atom is -0.317 e. The fourth-order valence-corrected chi connectivity index (χ4v) is 2.24. The van der Waals surface area contributed by atoms with Crippen molar-refractivity contribution >= 4 is 0 Å². The number of terminal acetylenes is 1. The van der Waals surface area contributed by atoms with E-state index in [0.717, 1.165) is 31.0 Å². The monoisotopic (exact) mass is 199 g/mol. The van der Waals surface area contributed by atoms with E-state index in [4.69, 9.17) is 6.42 Å². The molecule has 1 N–H and O–H groups in total. The molecule has 1 saturated heterocycles. The number of rotatable bonds is 2. The molecule has 15 heavy (non-hydrogen) atoms. The highest BCUT2D eigenvalue weighted by Crippen LogP contribution is 2.19. The molecule has 0 aromatic heterocycles. The van der Waals surface area contributed by atoms with Gasteiger partial charge in [-0.2, -0.15) is 0 Å². The zero-order valence-electron chi connectivity index (χ0n) is 9.00. The molecule has 1 fully saturated rings. The first kappa shape index (κ1) is 10.3. The van der Waals surface area contributed by atoms with Crippen LogP contribution in [0.25, 0.3) is 0 Å². The lowest BCUT2D eigenvalue weighted by molar-refractivity contribution is 0.372. The van der Waals surface area contributed by atoms with Crippen molar-refractivity contribution in [2.45, 2.75) is 19.3 Å². The molecule has 0 radical (unpaired) electrons. The van der Waals surface area contributed by atoms with Crippen molar-refractivity contribution < 1.29 is 0 Å². The SMILES string of the molecule is C#Cc1ccccc1CC1CCNCC1. The second-order valence-corrected chi connectivity index (χ2v) is 4.20. The highest BCUT2D eigenvalue weighted by molar-refractivity contribution is 5.39. The molecule has 0 spiro atoms. The van der Waals surface area contributed by atoms with E-state index in [0.29, 0.717) is 0 Å². The normalized spacial score (nSPS) is 17.3. The fourth-order valence-electron chi connectivity index (χ4n) is 2.24. The molecule has 0 saturated carbocycles. The predicted octanol–water partition coefficient (Wildman–Crippen LogP) is 2.21. The molecule has 0 bridgehead atoms. The number of nitrogens with one attached hydrogen (secondary N) is 1. The van der Waals surface area contributed by atoms with Gasteiger partial charge in [0, 0.05) is 5.56 Å². The minimum absolute atomic E-state index is 0.806. The van der Waals surface area contributed by atoms with Crippen LogP contribution in [-0.2, 0) is 6.42 Å². The molecule has 1 aromatic rings. The summed E-state index contributed by atoms with van der Waals surface area (Å²) in [7, 11) is 0. The van der Waals surface area contributed by atoms with E-state index in [1.807, 2.05) is 12.1 Å². The van der Waals surface area contributed by atoms with E-state index < -0.39 is 0 Å². The van der Waals surface area contributed by atoms with Crippen molar-refractivity contribution in [2.24, 2.45) is 5.92 Å². The third kappa shape index (κ3) is 2.61. The maximum atomic E-state index is 5.49. The average molecular weight is 199 g/mol. The van der Waals surface area contributed by atoms with Gasteiger partial charge in [-0.3, -0.25) is 0 Å². The van der Waals surface area contributed by atoms with Crippen molar-refractivity contribution in [2.75, 3.05) is 13.1 Å². The van der Waals surface area contributed by atoms with Gasteiger partial charge in [0.15, 0.2) is 0 Å². The Kier molecular flexibility index (Phi) is 3.42. The molecular weight excluding hydrogens is 182 g/mol. The second-order valence-electron chi connectivity index (χ2n) is 4.20. The van der Waals surface area contributed by atoms with Gasteiger partial charge in [0.05, 0.1) is 0 Å². The Morgan fingerprint density at radius 3 is 2.73 bits per heavy atom. The van der Waals surface area contributed by atoms with E-state index >= 15 is 0 Å². The van der Waals surface area contributed by atoms with Crippen LogP contribution in [-0.4, -0.2) is 13.1 Å². The van der Waals surface area contributed by atoms with Crippen LogP contribution in [0.15, 0.2) is 24.3 Å². The molecule has 1 heteroatoms. The molecule has 0 atom stereocenters. The lowest BCUT2D eigenvalue weighted by Gasteiger charge is -2.22. The van der Waals surface area contributed by atoms with Gasteiger partial charge in [-0.15, -0.1) is 6.42 Å². The van der Waals surface area contributed by atoms with E-state index in [1.54, 1.807) is 0 Å². The molecule has 0 amide bonds. The van der Waals surface area contributed by atoms with Crippen molar-refractivity contribution in [1.82, 2.24) is 5.32 Å². The van der Waals surface area contributed by atoms with Gasteiger partial charge in [-0.1, -0.05) is 24.1 Å². The third-order valence-electron chi connectivity index (χ3n) is 3.14. The smallest absolute Gasteiger partial charge is 0.0274 e. The lowest BCUT2D eigenvalue weighted by Crippen LogP contribution is -2.28. The lowest BCUT2D eigenvalue weighted by atomic mass is 9.89. The summed E-state index contributed by atoms with van der Waals surface area (Å²) in [5.41, 5.74) is 2.41. The molecule has 1 aliphatic rings.